The summed E-state index contributed by atoms with van der Waals surface area (Å²) < 4.78 is 5.43. The summed E-state index contributed by atoms with van der Waals surface area (Å²) in [6.07, 6.45) is 5.04. The van der Waals surface area contributed by atoms with Crippen LogP contribution < -0.4 is 10.1 Å². The number of ether oxygens (including phenoxy) is 1. The standard InChI is InChI=1S/C18H28N2O/c1-4-9-19-18-16-12-15(21-3)8-7-14(16)11-17(18)20-10-5-6-13(20)2/h7-8,12-13,17-19H,4-6,9-11H2,1-3H3. The largest absolute Gasteiger partial charge is 0.497 e. The Bertz CT molecular complexity index is 488. The molecule has 1 fully saturated rings. The number of hydrogen-bond donors (Lipinski definition) is 1. The van der Waals surface area contributed by atoms with Crippen LogP contribution in [-0.4, -0.2) is 37.2 Å². The minimum Gasteiger partial charge on any atom is -0.497 e. The number of nitrogens with one attached hydrogen (secondary N) is 1. The monoisotopic (exact) mass is 288 g/mol. The van der Waals surface area contributed by atoms with Crippen molar-refractivity contribution in [3.05, 3.63) is 29.3 Å². The Hall–Kier alpha value is -1.06. The van der Waals surface area contributed by atoms with Gasteiger partial charge in [0, 0.05) is 18.1 Å². The fourth-order valence-electron chi connectivity index (χ4n) is 4.03. The zero-order chi connectivity index (χ0) is 14.8. The quantitative estimate of drug-likeness (QED) is 0.901. The van der Waals surface area contributed by atoms with Crippen LogP contribution in [0.25, 0.3) is 0 Å². The molecule has 0 saturated carbocycles. The van der Waals surface area contributed by atoms with Crippen LogP contribution in [0.1, 0.15) is 50.3 Å². The van der Waals surface area contributed by atoms with E-state index in [9.17, 15) is 0 Å². The molecule has 0 radical (unpaired) electrons. The molecule has 0 amide bonds. The van der Waals surface area contributed by atoms with E-state index in [1.54, 1.807) is 7.11 Å². The summed E-state index contributed by atoms with van der Waals surface area (Å²) in [6, 6.07) is 8.38. The second-order valence-corrected chi connectivity index (χ2v) is 6.50. The lowest BCUT2D eigenvalue weighted by Crippen LogP contribution is -2.44. The van der Waals surface area contributed by atoms with Gasteiger partial charge in [-0.1, -0.05) is 13.0 Å². The van der Waals surface area contributed by atoms with Crippen LogP contribution in [0.4, 0.5) is 0 Å². The molecule has 3 nitrogen and oxygen atoms in total. The number of rotatable bonds is 5. The Morgan fingerprint density at radius 1 is 1.38 bits per heavy atom. The predicted octanol–water partition coefficient (Wildman–Crippen LogP) is 3.14. The molecule has 2 aliphatic rings. The maximum Gasteiger partial charge on any atom is 0.119 e. The summed E-state index contributed by atoms with van der Waals surface area (Å²) in [5, 5.41) is 3.79. The Labute approximate surface area is 128 Å². The van der Waals surface area contributed by atoms with E-state index >= 15 is 0 Å². The molecule has 0 spiro atoms. The molecule has 21 heavy (non-hydrogen) atoms. The predicted molar refractivity (Wildman–Crippen MR) is 86.9 cm³/mol. The molecule has 1 aromatic carbocycles. The molecule has 1 aliphatic carbocycles. The van der Waals surface area contributed by atoms with Gasteiger partial charge in [0.1, 0.15) is 5.75 Å². The van der Waals surface area contributed by atoms with Crippen LogP contribution in [0.2, 0.25) is 0 Å². The number of methoxy groups -OCH3 is 1. The lowest BCUT2D eigenvalue weighted by molar-refractivity contribution is 0.160. The van der Waals surface area contributed by atoms with E-state index in [-0.39, 0.29) is 0 Å². The van der Waals surface area contributed by atoms with Crippen molar-refractivity contribution in [2.24, 2.45) is 0 Å². The van der Waals surface area contributed by atoms with E-state index in [2.05, 4.69) is 42.3 Å². The van der Waals surface area contributed by atoms with Gasteiger partial charge in [0.25, 0.3) is 0 Å². The van der Waals surface area contributed by atoms with E-state index in [0.29, 0.717) is 12.1 Å². The van der Waals surface area contributed by atoms with Crippen molar-refractivity contribution in [2.45, 2.75) is 57.7 Å². The van der Waals surface area contributed by atoms with Gasteiger partial charge < -0.3 is 10.1 Å². The SMILES string of the molecule is CCCNC1c2cc(OC)ccc2CC1N1CCCC1C. The normalized spacial score (nSPS) is 28.8. The second kappa shape index (κ2) is 6.37. The number of nitrogens with zero attached hydrogens (tertiary/aromatic N) is 1. The highest BCUT2D eigenvalue weighted by Crippen LogP contribution is 2.39. The summed E-state index contributed by atoms with van der Waals surface area (Å²) >= 11 is 0. The van der Waals surface area contributed by atoms with Gasteiger partial charge in [0.2, 0.25) is 0 Å². The van der Waals surface area contributed by atoms with Crippen molar-refractivity contribution in [2.75, 3.05) is 20.2 Å². The third-order valence-electron chi connectivity index (χ3n) is 5.15. The van der Waals surface area contributed by atoms with Gasteiger partial charge in [-0.25, -0.2) is 0 Å². The highest BCUT2D eigenvalue weighted by Gasteiger charge is 2.39. The molecule has 1 saturated heterocycles. The molecule has 3 atom stereocenters. The third-order valence-corrected chi connectivity index (χ3v) is 5.15. The highest BCUT2D eigenvalue weighted by atomic mass is 16.5. The number of hydrogen-bond acceptors (Lipinski definition) is 3. The van der Waals surface area contributed by atoms with Crippen LogP contribution in [0.5, 0.6) is 5.75 Å². The van der Waals surface area contributed by atoms with Gasteiger partial charge in [-0.2, -0.15) is 0 Å². The summed E-state index contributed by atoms with van der Waals surface area (Å²) in [5.41, 5.74) is 2.94. The van der Waals surface area contributed by atoms with Gasteiger partial charge in [0.15, 0.2) is 0 Å². The smallest absolute Gasteiger partial charge is 0.119 e. The lowest BCUT2D eigenvalue weighted by Gasteiger charge is -2.33. The first-order valence-electron chi connectivity index (χ1n) is 8.40. The molecule has 1 aliphatic heterocycles. The van der Waals surface area contributed by atoms with Crippen molar-refractivity contribution in [1.82, 2.24) is 10.2 Å². The topological polar surface area (TPSA) is 24.5 Å². The molecule has 3 rings (SSSR count). The first-order valence-corrected chi connectivity index (χ1v) is 8.40. The maximum atomic E-state index is 5.43. The lowest BCUT2D eigenvalue weighted by atomic mass is 10.0. The average molecular weight is 288 g/mol. The summed E-state index contributed by atoms with van der Waals surface area (Å²) in [7, 11) is 1.76. The summed E-state index contributed by atoms with van der Waals surface area (Å²) in [5.74, 6) is 0.979. The molecule has 1 N–H and O–H groups in total. The second-order valence-electron chi connectivity index (χ2n) is 6.50. The van der Waals surface area contributed by atoms with Gasteiger partial charge in [-0.05, 0) is 69.0 Å². The van der Waals surface area contributed by atoms with Gasteiger partial charge >= 0.3 is 0 Å². The fraction of sp³-hybridized carbons (Fsp3) is 0.667. The Kier molecular flexibility index (Phi) is 4.51. The van der Waals surface area contributed by atoms with E-state index in [0.717, 1.165) is 18.3 Å². The van der Waals surface area contributed by atoms with Crippen LogP contribution in [-0.2, 0) is 6.42 Å². The summed E-state index contributed by atoms with van der Waals surface area (Å²) in [6.45, 7) is 6.96. The molecule has 0 bridgehead atoms. The third kappa shape index (κ3) is 2.82. The highest BCUT2D eigenvalue weighted by molar-refractivity contribution is 5.43. The minimum atomic E-state index is 0.454. The number of likely N-dealkylation sites (tertiary alicyclic amines) is 1. The van der Waals surface area contributed by atoms with Gasteiger partial charge in [-0.3, -0.25) is 4.90 Å². The van der Waals surface area contributed by atoms with Crippen LogP contribution in [0.3, 0.4) is 0 Å². The van der Waals surface area contributed by atoms with Gasteiger partial charge in [-0.15, -0.1) is 0 Å². The van der Waals surface area contributed by atoms with E-state index < -0.39 is 0 Å². The molecular formula is C18H28N2O. The first-order chi connectivity index (χ1) is 10.2. The van der Waals surface area contributed by atoms with E-state index in [1.807, 2.05) is 0 Å². The van der Waals surface area contributed by atoms with Crippen LogP contribution in [0, 0.1) is 0 Å². The number of fused-ring (bicyclic) bond motifs is 1. The minimum absolute atomic E-state index is 0.454. The molecular weight excluding hydrogens is 260 g/mol. The molecule has 0 aromatic heterocycles. The number of benzene rings is 1. The molecule has 3 unspecified atom stereocenters. The Morgan fingerprint density at radius 3 is 2.90 bits per heavy atom. The van der Waals surface area contributed by atoms with Crippen molar-refractivity contribution in [3.8, 4) is 5.75 Å². The Morgan fingerprint density at radius 2 is 2.24 bits per heavy atom. The fourth-order valence-corrected chi connectivity index (χ4v) is 4.03. The van der Waals surface area contributed by atoms with Crippen molar-refractivity contribution in [1.29, 1.82) is 0 Å². The van der Waals surface area contributed by atoms with E-state index in [1.165, 1.54) is 43.4 Å². The molecule has 1 aromatic rings. The maximum absolute atomic E-state index is 5.43. The average Bonchev–Trinajstić information content (AvgIpc) is 3.07. The molecule has 1 heterocycles. The van der Waals surface area contributed by atoms with Crippen LogP contribution >= 0.6 is 0 Å². The van der Waals surface area contributed by atoms with Crippen molar-refractivity contribution in [3.63, 3.8) is 0 Å². The molecule has 3 heteroatoms. The van der Waals surface area contributed by atoms with Gasteiger partial charge in [0.05, 0.1) is 7.11 Å². The van der Waals surface area contributed by atoms with Crippen molar-refractivity contribution >= 4 is 0 Å². The Balaban J connectivity index is 1.87. The summed E-state index contributed by atoms with van der Waals surface area (Å²) in [4.78, 5) is 2.72. The molecule has 116 valence electrons. The zero-order valence-corrected chi connectivity index (χ0v) is 13.6. The van der Waals surface area contributed by atoms with Crippen LogP contribution in [0.15, 0.2) is 18.2 Å². The zero-order valence-electron chi connectivity index (χ0n) is 13.6. The first kappa shape index (κ1) is 14.9. The van der Waals surface area contributed by atoms with E-state index in [4.69, 9.17) is 4.74 Å². The van der Waals surface area contributed by atoms with Crippen molar-refractivity contribution < 1.29 is 4.74 Å².